The standard InChI is InChI=1S/C19H17Cl2F2N3O2/c1-10-8-25-17(20)7-15(10)26-12(3)6-16(18(21)19(26)27)28-9-14(24-4)13(23)5-11(2)22/h5-8H,2,9H2,1,3-4H3/b13-5+,24-14-. The molecule has 0 bridgehead atoms. The van der Waals surface area contributed by atoms with Crippen molar-refractivity contribution >= 4 is 28.9 Å². The van der Waals surface area contributed by atoms with Crippen molar-refractivity contribution in [2.75, 3.05) is 13.7 Å². The molecule has 0 fully saturated rings. The molecular formula is C19H17Cl2F2N3O2. The average Bonchev–Trinajstić information content (AvgIpc) is 2.62. The topological polar surface area (TPSA) is 56.5 Å². The van der Waals surface area contributed by atoms with Gasteiger partial charge in [0, 0.05) is 31.1 Å². The predicted molar refractivity (Wildman–Crippen MR) is 108 cm³/mol. The highest BCUT2D eigenvalue weighted by atomic mass is 35.5. The van der Waals surface area contributed by atoms with Crippen molar-refractivity contribution in [1.29, 1.82) is 0 Å². The summed E-state index contributed by atoms with van der Waals surface area (Å²) < 4.78 is 33.5. The van der Waals surface area contributed by atoms with Gasteiger partial charge in [-0.05, 0) is 25.5 Å². The van der Waals surface area contributed by atoms with E-state index in [0.29, 0.717) is 17.5 Å². The summed E-state index contributed by atoms with van der Waals surface area (Å²) in [6.45, 7) is 6.07. The van der Waals surface area contributed by atoms with E-state index in [9.17, 15) is 13.6 Å². The molecular weight excluding hydrogens is 411 g/mol. The highest BCUT2D eigenvalue weighted by molar-refractivity contribution is 6.32. The summed E-state index contributed by atoms with van der Waals surface area (Å²) in [5.74, 6) is -1.84. The van der Waals surface area contributed by atoms with Crippen LogP contribution in [0.4, 0.5) is 8.78 Å². The highest BCUT2D eigenvalue weighted by Gasteiger charge is 2.17. The van der Waals surface area contributed by atoms with Gasteiger partial charge in [0.05, 0.1) is 5.69 Å². The number of allylic oxidation sites excluding steroid dienone is 2. The zero-order valence-electron chi connectivity index (χ0n) is 15.4. The first-order valence-electron chi connectivity index (χ1n) is 8.00. The lowest BCUT2D eigenvalue weighted by Crippen LogP contribution is -2.23. The molecule has 9 heteroatoms. The van der Waals surface area contributed by atoms with Crippen LogP contribution in [0.2, 0.25) is 10.2 Å². The van der Waals surface area contributed by atoms with Crippen LogP contribution in [-0.2, 0) is 0 Å². The molecule has 0 saturated heterocycles. The Bertz CT molecular complexity index is 1050. The number of aliphatic imine (C=N–C) groups is 1. The maximum absolute atomic E-state index is 13.9. The van der Waals surface area contributed by atoms with E-state index in [1.807, 2.05) is 0 Å². The maximum atomic E-state index is 13.9. The predicted octanol–water partition coefficient (Wildman–Crippen LogP) is 4.94. The van der Waals surface area contributed by atoms with Gasteiger partial charge in [0.25, 0.3) is 5.56 Å². The summed E-state index contributed by atoms with van der Waals surface area (Å²) in [5, 5.41) is 0.0246. The molecule has 0 amide bonds. The van der Waals surface area contributed by atoms with Crippen molar-refractivity contribution < 1.29 is 13.5 Å². The lowest BCUT2D eigenvalue weighted by atomic mass is 10.2. The molecule has 2 rings (SSSR count). The van der Waals surface area contributed by atoms with E-state index < -0.39 is 17.2 Å². The van der Waals surface area contributed by atoms with Gasteiger partial charge in [-0.3, -0.25) is 14.4 Å². The minimum Gasteiger partial charge on any atom is -0.485 e. The fraction of sp³-hybridized carbons (Fsp3) is 0.211. The van der Waals surface area contributed by atoms with E-state index in [0.717, 1.165) is 5.56 Å². The fourth-order valence-corrected chi connectivity index (χ4v) is 2.77. The Labute approximate surface area is 170 Å². The van der Waals surface area contributed by atoms with Crippen LogP contribution in [0.25, 0.3) is 5.69 Å². The van der Waals surface area contributed by atoms with Crippen LogP contribution in [0.15, 0.2) is 52.4 Å². The van der Waals surface area contributed by atoms with Crippen LogP contribution in [0, 0.1) is 13.8 Å². The Morgan fingerprint density at radius 3 is 2.64 bits per heavy atom. The number of pyridine rings is 2. The second-order valence-electron chi connectivity index (χ2n) is 5.80. The van der Waals surface area contributed by atoms with Crippen LogP contribution in [0.3, 0.4) is 0 Å². The molecule has 0 aromatic carbocycles. The molecule has 0 atom stereocenters. The van der Waals surface area contributed by atoms with Crippen LogP contribution in [0.5, 0.6) is 5.75 Å². The van der Waals surface area contributed by atoms with Gasteiger partial charge < -0.3 is 4.74 Å². The summed E-state index contributed by atoms with van der Waals surface area (Å²) in [4.78, 5) is 20.5. The van der Waals surface area contributed by atoms with E-state index in [4.69, 9.17) is 27.9 Å². The lowest BCUT2D eigenvalue weighted by molar-refractivity contribution is 0.372. The van der Waals surface area contributed by atoms with Crippen LogP contribution < -0.4 is 10.3 Å². The Balaban J connectivity index is 2.41. The van der Waals surface area contributed by atoms with Crippen molar-refractivity contribution in [3.8, 4) is 11.4 Å². The molecule has 0 spiro atoms. The molecule has 5 nitrogen and oxygen atoms in total. The molecule has 148 valence electrons. The zero-order valence-corrected chi connectivity index (χ0v) is 16.9. The van der Waals surface area contributed by atoms with E-state index in [1.54, 1.807) is 26.1 Å². The monoisotopic (exact) mass is 427 g/mol. The van der Waals surface area contributed by atoms with Crippen molar-refractivity contribution in [3.05, 3.63) is 74.4 Å². The first-order chi connectivity index (χ1) is 13.1. The van der Waals surface area contributed by atoms with Crippen LogP contribution >= 0.6 is 23.2 Å². The minimum atomic E-state index is -0.957. The zero-order chi connectivity index (χ0) is 21.0. The number of nitrogens with zero attached hydrogens (tertiary/aromatic N) is 3. The second-order valence-corrected chi connectivity index (χ2v) is 6.56. The Morgan fingerprint density at radius 1 is 1.36 bits per heavy atom. The van der Waals surface area contributed by atoms with Crippen molar-refractivity contribution in [3.63, 3.8) is 0 Å². The first-order valence-corrected chi connectivity index (χ1v) is 8.76. The summed E-state index contributed by atoms with van der Waals surface area (Å²) in [5.41, 5.74) is 1.07. The number of hydrogen-bond donors (Lipinski definition) is 0. The Hall–Kier alpha value is -2.51. The number of rotatable bonds is 6. The van der Waals surface area contributed by atoms with Gasteiger partial charge in [-0.1, -0.05) is 29.8 Å². The first kappa shape index (κ1) is 21.8. The van der Waals surface area contributed by atoms with E-state index >= 15 is 0 Å². The van der Waals surface area contributed by atoms with Crippen molar-refractivity contribution in [1.82, 2.24) is 9.55 Å². The van der Waals surface area contributed by atoms with E-state index in [2.05, 4.69) is 16.6 Å². The van der Waals surface area contributed by atoms with E-state index in [1.165, 1.54) is 17.7 Å². The summed E-state index contributed by atoms with van der Waals surface area (Å²) >= 11 is 12.1. The average molecular weight is 428 g/mol. The van der Waals surface area contributed by atoms with Crippen LogP contribution in [0.1, 0.15) is 11.3 Å². The SMILES string of the molecule is C=C(F)/C=C(F)\C(COc1cc(C)n(-c2cc(Cl)ncc2C)c(=O)c1Cl)=N/C. The molecule has 2 aromatic heterocycles. The largest absolute Gasteiger partial charge is 0.485 e. The number of ether oxygens (including phenoxy) is 1. The molecule has 0 aliphatic heterocycles. The van der Waals surface area contributed by atoms with Gasteiger partial charge in [-0.25, -0.2) is 13.8 Å². The lowest BCUT2D eigenvalue weighted by Gasteiger charge is -2.16. The van der Waals surface area contributed by atoms with Gasteiger partial charge in [0.15, 0.2) is 5.83 Å². The second kappa shape index (κ2) is 9.12. The number of halogens is 4. The van der Waals surface area contributed by atoms with Crippen LogP contribution in [-0.4, -0.2) is 28.9 Å². The molecule has 0 unspecified atom stereocenters. The summed E-state index contributed by atoms with van der Waals surface area (Å²) in [7, 11) is 1.33. The molecule has 0 aliphatic rings. The fourth-order valence-electron chi connectivity index (χ4n) is 2.42. The Morgan fingerprint density at radius 2 is 2.04 bits per heavy atom. The van der Waals surface area contributed by atoms with Crippen molar-refractivity contribution in [2.24, 2.45) is 4.99 Å². The third-order valence-electron chi connectivity index (χ3n) is 3.78. The molecule has 0 saturated carbocycles. The molecule has 0 radical (unpaired) electrons. The van der Waals surface area contributed by atoms with Gasteiger partial charge in [-0.2, -0.15) is 0 Å². The minimum absolute atomic E-state index is 0.0475. The summed E-state index contributed by atoms with van der Waals surface area (Å²) in [6, 6.07) is 3.08. The highest BCUT2D eigenvalue weighted by Crippen LogP contribution is 2.25. The molecule has 2 aromatic rings. The van der Waals surface area contributed by atoms with Gasteiger partial charge in [0.2, 0.25) is 0 Å². The van der Waals surface area contributed by atoms with Gasteiger partial charge in [0.1, 0.15) is 34.1 Å². The third-order valence-corrected chi connectivity index (χ3v) is 4.33. The number of hydrogen-bond acceptors (Lipinski definition) is 4. The quantitative estimate of drug-likeness (QED) is 0.372. The third kappa shape index (κ3) is 4.85. The van der Waals surface area contributed by atoms with Gasteiger partial charge in [-0.15, -0.1) is 0 Å². The normalized spacial score (nSPS) is 12.2. The number of aryl methyl sites for hydroxylation is 2. The molecule has 2 heterocycles. The molecule has 28 heavy (non-hydrogen) atoms. The van der Waals surface area contributed by atoms with Gasteiger partial charge >= 0.3 is 0 Å². The smallest absolute Gasteiger partial charge is 0.277 e. The molecule has 0 aliphatic carbocycles. The molecule has 0 N–H and O–H groups in total. The maximum Gasteiger partial charge on any atom is 0.277 e. The summed E-state index contributed by atoms with van der Waals surface area (Å²) in [6.07, 6.45) is 2.13. The van der Waals surface area contributed by atoms with E-state index in [-0.39, 0.29) is 28.2 Å². The van der Waals surface area contributed by atoms with Crippen molar-refractivity contribution in [2.45, 2.75) is 13.8 Å². The number of aromatic nitrogens is 2. The Kier molecular flexibility index (Phi) is 7.10.